The second kappa shape index (κ2) is 6.06. The van der Waals surface area contributed by atoms with Gasteiger partial charge >= 0.3 is 0 Å². The molecule has 0 aliphatic carbocycles. The number of aryl methyl sites for hydroxylation is 1. The number of hydrazine groups is 1. The fraction of sp³-hybridized carbons (Fsp3) is 0.167. The molecule has 0 saturated heterocycles. The number of nitrogens with zero attached hydrogens (tertiary/aromatic N) is 2. The molecule has 0 bridgehead atoms. The van der Waals surface area contributed by atoms with E-state index in [1.165, 1.54) is 0 Å². The van der Waals surface area contributed by atoms with E-state index < -0.39 is 0 Å². The van der Waals surface area contributed by atoms with E-state index in [2.05, 4.69) is 20.7 Å². The SMILES string of the molecule is CCc1nc(NN)cc(Nc2ccc(Cl)cc2Cl)n1. The summed E-state index contributed by atoms with van der Waals surface area (Å²) in [5, 5.41) is 4.21. The summed E-state index contributed by atoms with van der Waals surface area (Å²) in [4.78, 5) is 8.56. The molecule has 1 heterocycles. The van der Waals surface area contributed by atoms with Crippen LogP contribution in [0.1, 0.15) is 12.7 Å². The van der Waals surface area contributed by atoms with Crippen LogP contribution in [0.15, 0.2) is 24.3 Å². The Hall–Kier alpha value is -1.56. The molecule has 2 aromatic rings. The Bertz CT molecular complexity index is 566. The lowest BCUT2D eigenvalue weighted by Crippen LogP contribution is -2.11. The van der Waals surface area contributed by atoms with Crippen molar-refractivity contribution in [2.45, 2.75) is 13.3 Å². The molecule has 0 amide bonds. The lowest BCUT2D eigenvalue weighted by atomic mass is 10.3. The summed E-state index contributed by atoms with van der Waals surface area (Å²) in [5.74, 6) is 7.21. The van der Waals surface area contributed by atoms with Crippen LogP contribution in [0.3, 0.4) is 0 Å². The quantitative estimate of drug-likeness (QED) is 0.596. The van der Waals surface area contributed by atoms with Crippen molar-refractivity contribution in [3.05, 3.63) is 40.1 Å². The fourth-order valence-corrected chi connectivity index (χ4v) is 1.98. The third-order valence-corrected chi connectivity index (χ3v) is 2.98. The van der Waals surface area contributed by atoms with Gasteiger partial charge in [-0.15, -0.1) is 0 Å². The Morgan fingerprint density at radius 2 is 1.89 bits per heavy atom. The van der Waals surface area contributed by atoms with E-state index in [4.69, 9.17) is 29.0 Å². The molecular weight excluding hydrogens is 285 g/mol. The van der Waals surface area contributed by atoms with E-state index in [0.717, 1.165) is 5.69 Å². The standard InChI is InChI=1S/C12H13Cl2N5/c1-2-10-17-11(6-12(18-10)19-15)16-9-4-3-7(13)5-8(9)14/h3-6H,2,15H2,1H3,(H2,16,17,18,19). The minimum atomic E-state index is 0.520. The maximum absolute atomic E-state index is 6.10. The second-order valence-corrected chi connectivity index (χ2v) is 4.65. The summed E-state index contributed by atoms with van der Waals surface area (Å²) in [6, 6.07) is 6.90. The summed E-state index contributed by atoms with van der Waals surface area (Å²) < 4.78 is 0. The van der Waals surface area contributed by atoms with Gasteiger partial charge in [0.25, 0.3) is 0 Å². The van der Waals surface area contributed by atoms with E-state index in [-0.39, 0.29) is 0 Å². The molecule has 100 valence electrons. The number of nitrogens with two attached hydrogens (primary N) is 1. The first-order valence-electron chi connectivity index (χ1n) is 5.69. The highest BCUT2D eigenvalue weighted by Crippen LogP contribution is 2.28. The number of rotatable bonds is 4. The van der Waals surface area contributed by atoms with Gasteiger partial charge in [-0.3, -0.25) is 0 Å². The van der Waals surface area contributed by atoms with Crippen molar-refractivity contribution in [3.8, 4) is 0 Å². The summed E-state index contributed by atoms with van der Waals surface area (Å²) in [7, 11) is 0. The molecule has 19 heavy (non-hydrogen) atoms. The molecule has 5 nitrogen and oxygen atoms in total. The van der Waals surface area contributed by atoms with Crippen LogP contribution in [0.5, 0.6) is 0 Å². The molecule has 0 atom stereocenters. The zero-order valence-electron chi connectivity index (χ0n) is 10.2. The van der Waals surface area contributed by atoms with E-state index in [1.54, 1.807) is 24.3 Å². The number of nitrogens with one attached hydrogen (secondary N) is 2. The van der Waals surface area contributed by atoms with Gasteiger partial charge in [0.1, 0.15) is 17.5 Å². The Balaban J connectivity index is 2.31. The molecule has 4 N–H and O–H groups in total. The van der Waals surface area contributed by atoms with Gasteiger partial charge in [-0.05, 0) is 18.2 Å². The van der Waals surface area contributed by atoms with Crippen molar-refractivity contribution in [2.75, 3.05) is 10.7 Å². The number of anilines is 3. The van der Waals surface area contributed by atoms with Crippen LogP contribution in [0.2, 0.25) is 10.0 Å². The third-order valence-electron chi connectivity index (χ3n) is 2.43. The zero-order valence-corrected chi connectivity index (χ0v) is 11.8. The topological polar surface area (TPSA) is 75.9 Å². The van der Waals surface area contributed by atoms with E-state index in [9.17, 15) is 0 Å². The summed E-state index contributed by atoms with van der Waals surface area (Å²) in [5.41, 5.74) is 3.22. The third kappa shape index (κ3) is 3.47. The smallest absolute Gasteiger partial charge is 0.145 e. The molecule has 2 rings (SSSR count). The molecule has 0 aliphatic heterocycles. The maximum Gasteiger partial charge on any atom is 0.145 e. The van der Waals surface area contributed by atoms with Crippen LogP contribution < -0.4 is 16.6 Å². The van der Waals surface area contributed by atoms with Crippen molar-refractivity contribution in [1.82, 2.24) is 9.97 Å². The lowest BCUT2D eigenvalue weighted by Gasteiger charge is -2.10. The first kappa shape index (κ1) is 13.9. The highest BCUT2D eigenvalue weighted by Gasteiger charge is 2.06. The molecule has 1 aromatic heterocycles. The van der Waals surface area contributed by atoms with Crippen LogP contribution in [0, 0.1) is 0 Å². The average molecular weight is 298 g/mol. The van der Waals surface area contributed by atoms with Crippen molar-refractivity contribution >= 4 is 40.5 Å². The lowest BCUT2D eigenvalue weighted by molar-refractivity contribution is 0.941. The Kier molecular flexibility index (Phi) is 4.42. The molecule has 7 heteroatoms. The second-order valence-electron chi connectivity index (χ2n) is 3.80. The molecule has 0 unspecified atom stereocenters. The summed E-state index contributed by atoms with van der Waals surface area (Å²) in [6.07, 6.45) is 0.707. The normalized spacial score (nSPS) is 10.3. The van der Waals surface area contributed by atoms with E-state index in [0.29, 0.717) is 33.9 Å². The fourth-order valence-electron chi connectivity index (χ4n) is 1.52. The van der Waals surface area contributed by atoms with Gasteiger partial charge in [0, 0.05) is 17.5 Å². The van der Waals surface area contributed by atoms with Crippen molar-refractivity contribution in [2.24, 2.45) is 5.84 Å². The Labute approximate surface area is 121 Å². The Morgan fingerprint density at radius 1 is 1.16 bits per heavy atom. The van der Waals surface area contributed by atoms with E-state index in [1.807, 2.05) is 6.92 Å². The maximum atomic E-state index is 6.10. The van der Waals surface area contributed by atoms with E-state index >= 15 is 0 Å². The number of halogens is 2. The molecule has 0 fully saturated rings. The van der Waals surface area contributed by atoms with Gasteiger partial charge in [0.05, 0.1) is 10.7 Å². The van der Waals surface area contributed by atoms with Crippen molar-refractivity contribution in [3.63, 3.8) is 0 Å². The zero-order chi connectivity index (χ0) is 13.8. The number of hydrogen-bond acceptors (Lipinski definition) is 5. The van der Waals surface area contributed by atoms with Gasteiger partial charge in [-0.2, -0.15) is 0 Å². The summed E-state index contributed by atoms with van der Waals surface area (Å²) in [6.45, 7) is 1.97. The number of benzene rings is 1. The summed E-state index contributed by atoms with van der Waals surface area (Å²) >= 11 is 11.9. The van der Waals surface area contributed by atoms with Gasteiger partial charge in [-0.25, -0.2) is 15.8 Å². The van der Waals surface area contributed by atoms with Crippen LogP contribution in [0.4, 0.5) is 17.3 Å². The first-order valence-corrected chi connectivity index (χ1v) is 6.44. The van der Waals surface area contributed by atoms with Gasteiger partial charge in [0.15, 0.2) is 0 Å². The minimum Gasteiger partial charge on any atom is -0.339 e. The number of aromatic nitrogens is 2. The monoisotopic (exact) mass is 297 g/mol. The molecule has 0 aliphatic rings. The van der Waals surface area contributed by atoms with Gasteiger partial charge < -0.3 is 10.7 Å². The number of hydrogen-bond donors (Lipinski definition) is 3. The van der Waals surface area contributed by atoms with Crippen molar-refractivity contribution < 1.29 is 0 Å². The highest BCUT2D eigenvalue weighted by molar-refractivity contribution is 6.36. The van der Waals surface area contributed by atoms with Crippen LogP contribution in [-0.4, -0.2) is 9.97 Å². The molecular formula is C12H13Cl2N5. The molecule has 1 aromatic carbocycles. The Morgan fingerprint density at radius 3 is 2.53 bits per heavy atom. The molecule has 0 saturated carbocycles. The minimum absolute atomic E-state index is 0.520. The van der Waals surface area contributed by atoms with Crippen LogP contribution in [-0.2, 0) is 6.42 Å². The molecule has 0 spiro atoms. The average Bonchev–Trinajstić information content (AvgIpc) is 2.41. The van der Waals surface area contributed by atoms with Crippen LogP contribution >= 0.6 is 23.2 Å². The van der Waals surface area contributed by atoms with Crippen LogP contribution in [0.25, 0.3) is 0 Å². The van der Waals surface area contributed by atoms with Gasteiger partial charge in [0.2, 0.25) is 0 Å². The largest absolute Gasteiger partial charge is 0.339 e. The first-order chi connectivity index (χ1) is 9.12. The van der Waals surface area contributed by atoms with Gasteiger partial charge in [-0.1, -0.05) is 30.1 Å². The van der Waals surface area contributed by atoms with Crippen molar-refractivity contribution in [1.29, 1.82) is 0 Å². The highest BCUT2D eigenvalue weighted by atomic mass is 35.5. The predicted molar refractivity (Wildman–Crippen MR) is 79.0 cm³/mol. The predicted octanol–water partition coefficient (Wildman–Crippen LogP) is 3.38. The number of nitrogen functional groups attached to an aromatic ring is 1. The molecule has 0 radical (unpaired) electrons.